The number of hydrogen-bond donors (Lipinski definition) is 0. The first kappa shape index (κ1) is 21.1. The minimum absolute atomic E-state index is 0.00808. The highest BCUT2D eigenvalue weighted by atomic mass is 19.3. The van der Waals surface area contributed by atoms with Crippen LogP contribution >= 0.6 is 0 Å². The maximum absolute atomic E-state index is 12.9. The van der Waals surface area contributed by atoms with Crippen molar-refractivity contribution in [2.24, 2.45) is 0 Å². The zero-order valence-electron chi connectivity index (χ0n) is 16.5. The third-order valence-corrected chi connectivity index (χ3v) is 4.44. The Kier molecular flexibility index (Phi) is 6.20. The third-order valence-electron chi connectivity index (χ3n) is 4.44. The van der Waals surface area contributed by atoms with Gasteiger partial charge in [0, 0.05) is 35.0 Å². The van der Waals surface area contributed by atoms with Crippen LogP contribution in [0.1, 0.15) is 39.2 Å². The van der Waals surface area contributed by atoms with Gasteiger partial charge in [-0.25, -0.2) is 9.78 Å². The van der Waals surface area contributed by atoms with Crippen LogP contribution in [-0.2, 0) is 4.74 Å². The summed E-state index contributed by atoms with van der Waals surface area (Å²) >= 11 is 0. The SMILES string of the molecule is Cc1cc(C(=O)C(C)OC(=O)c2cnccn2)c(C)n1-c1ccc(OC(F)F)cc1. The minimum Gasteiger partial charge on any atom is -0.449 e. The fraction of sp³-hybridized carbons (Fsp3) is 0.238. The second kappa shape index (κ2) is 8.81. The lowest BCUT2D eigenvalue weighted by atomic mass is 10.1. The number of carbonyl (C=O) groups is 2. The molecule has 30 heavy (non-hydrogen) atoms. The van der Waals surface area contributed by atoms with Crippen molar-refractivity contribution in [1.82, 2.24) is 14.5 Å². The molecule has 0 saturated heterocycles. The van der Waals surface area contributed by atoms with Crippen LogP contribution < -0.4 is 4.74 Å². The van der Waals surface area contributed by atoms with Crippen molar-refractivity contribution in [2.45, 2.75) is 33.5 Å². The van der Waals surface area contributed by atoms with Gasteiger partial charge in [-0.05, 0) is 51.1 Å². The molecule has 156 valence electrons. The van der Waals surface area contributed by atoms with Gasteiger partial charge in [-0.1, -0.05) is 0 Å². The molecule has 0 fully saturated rings. The quantitative estimate of drug-likeness (QED) is 0.430. The van der Waals surface area contributed by atoms with Crippen molar-refractivity contribution in [3.05, 3.63) is 71.6 Å². The van der Waals surface area contributed by atoms with E-state index >= 15 is 0 Å². The highest BCUT2D eigenvalue weighted by molar-refractivity contribution is 6.02. The summed E-state index contributed by atoms with van der Waals surface area (Å²) in [5.41, 5.74) is 2.46. The van der Waals surface area contributed by atoms with Gasteiger partial charge >= 0.3 is 12.6 Å². The predicted molar refractivity (Wildman–Crippen MR) is 103 cm³/mol. The molecule has 0 radical (unpaired) electrons. The molecule has 0 aliphatic carbocycles. The molecular formula is C21H19F2N3O4. The number of ketones is 1. The molecule has 0 bridgehead atoms. The lowest BCUT2D eigenvalue weighted by Crippen LogP contribution is -2.25. The predicted octanol–water partition coefficient (Wildman–Crippen LogP) is 3.91. The van der Waals surface area contributed by atoms with Gasteiger partial charge in [0.05, 0.1) is 6.20 Å². The van der Waals surface area contributed by atoms with Crippen LogP contribution in [0.2, 0.25) is 0 Å². The van der Waals surface area contributed by atoms with E-state index in [1.165, 1.54) is 37.6 Å². The number of carbonyl (C=O) groups excluding carboxylic acids is 2. The largest absolute Gasteiger partial charge is 0.449 e. The Morgan fingerprint density at radius 1 is 1.10 bits per heavy atom. The minimum atomic E-state index is -2.90. The summed E-state index contributed by atoms with van der Waals surface area (Å²) < 4.78 is 36.1. The van der Waals surface area contributed by atoms with E-state index in [9.17, 15) is 18.4 Å². The number of aromatic nitrogens is 3. The van der Waals surface area contributed by atoms with Crippen LogP contribution in [0.15, 0.2) is 48.9 Å². The molecule has 1 unspecified atom stereocenters. The summed E-state index contributed by atoms with van der Waals surface area (Å²) in [7, 11) is 0. The second-order valence-electron chi connectivity index (χ2n) is 6.50. The molecule has 0 N–H and O–H groups in total. The Morgan fingerprint density at radius 2 is 1.80 bits per heavy atom. The number of esters is 1. The fourth-order valence-electron chi connectivity index (χ4n) is 3.08. The van der Waals surface area contributed by atoms with Gasteiger partial charge in [-0.2, -0.15) is 8.78 Å². The normalized spacial score (nSPS) is 11.9. The number of rotatable bonds is 7. The molecule has 0 saturated carbocycles. The Hall–Kier alpha value is -3.62. The lowest BCUT2D eigenvalue weighted by molar-refractivity contribution is -0.0498. The number of aryl methyl sites for hydroxylation is 1. The highest BCUT2D eigenvalue weighted by Crippen LogP contribution is 2.25. The van der Waals surface area contributed by atoms with Crippen molar-refractivity contribution >= 4 is 11.8 Å². The molecule has 3 aromatic rings. The molecule has 1 atom stereocenters. The summed E-state index contributed by atoms with van der Waals surface area (Å²) in [5.74, 6) is -1.08. The van der Waals surface area contributed by atoms with E-state index in [2.05, 4.69) is 14.7 Å². The Bertz CT molecular complexity index is 1050. The number of nitrogens with zero attached hydrogens (tertiary/aromatic N) is 3. The van der Waals surface area contributed by atoms with Crippen molar-refractivity contribution in [1.29, 1.82) is 0 Å². The van der Waals surface area contributed by atoms with Gasteiger partial charge in [0.25, 0.3) is 0 Å². The van der Waals surface area contributed by atoms with Gasteiger partial charge in [-0.3, -0.25) is 9.78 Å². The van der Waals surface area contributed by atoms with E-state index < -0.39 is 18.7 Å². The number of ether oxygens (including phenoxy) is 2. The molecule has 2 aromatic heterocycles. The number of hydrogen-bond acceptors (Lipinski definition) is 6. The first-order valence-corrected chi connectivity index (χ1v) is 9.03. The Labute approximate surface area is 171 Å². The number of benzene rings is 1. The molecule has 9 heteroatoms. The third kappa shape index (κ3) is 4.51. The summed E-state index contributed by atoms with van der Waals surface area (Å²) in [6, 6.07) is 7.77. The van der Waals surface area contributed by atoms with Crippen molar-refractivity contribution in [2.75, 3.05) is 0 Å². The fourth-order valence-corrected chi connectivity index (χ4v) is 3.08. The summed E-state index contributed by atoms with van der Waals surface area (Å²) in [6.45, 7) is 2.14. The maximum atomic E-state index is 12.9. The van der Waals surface area contributed by atoms with Crippen molar-refractivity contribution < 1.29 is 27.8 Å². The summed E-state index contributed by atoms with van der Waals surface area (Å²) in [5, 5.41) is 0. The van der Waals surface area contributed by atoms with Gasteiger partial charge in [0.15, 0.2) is 11.8 Å². The molecule has 7 nitrogen and oxygen atoms in total. The van der Waals surface area contributed by atoms with Gasteiger partial charge in [0.2, 0.25) is 5.78 Å². The number of Topliss-reactive ketones (excluding diaryl/α,β-unsaturated/α-hetero) is 1. The average molecular weight is 415 g/mol. The first-order valence-electron chi connectivity index (χ1n) is 9.03. The molecule has 0 spiro atoms. The van der Waals surface area contributed by atoms with Crippen LogP contribution in [-0.4, -0.2) is 39.0 Å². The van der Waals surface area contributed by atoms with Crippen molar-refractivity contribution in [3.63, 3.8) is 0 Å². The van der Waals surface area contributed by atoms with E-state index in [1.54, 1.807) is 29.7 Å². The van der Waals surface area contributed by atoms with Crippen LogP contribution in [0.4, 0.5) is 8.78 Å². The van der Waals surface area contributed by atoms with E-state index in [4.69, 9.17) is 4.74 Å². The molecule has 0 amide bonds. The molecule has 2 heterocycles. The maximum Gasteiger partial charge on any atom is 0.387 e. The highest BCUT2D eigenvalue weighted by Gasteiger charge is 2.25. The second-order valence-corrected chi connectivity index (χ2v) is 6.50. The first-order chi connectivity index (χ1) is 14.3. The van der Waals surface area contributed by atoms with E-state index in [1.807, 2.05) is 6.92 Å². The molecule has 0 aliphatic rings. The molecule has 0 aliphatic heterocycles. The van der Waals surface area contributed by atoms with E-state index in [0.717, 1.165) is 5.69 Å². The standard InChI is InChI=1S/C21H19F2N3O4/c1-12-10-17(19(27)14(3)29-20(28)18-11-24-8-9-25-18)13(2)26(12)15-4-6-16(7-5-15)30-21(22)23/h4-11,14,21H,1-3H3. The molecular weight excluding hydrogens is 396 g/mol. The number of halogens is 2. The van der Waals surface area contributed by atoms with Crippen LogP contribution in [0, 0.1) is 13.8 Å². The monoisotopic (exact) mass is 415 g/mol. The van der Waals surface area contributed by atoms with Gasteiger partial charge in [-0.15, -0.1) is 0 Å². The number of alkyl halides is 2. The van der Waals surface area contributed by atoms with E-state index in [0.29, 0.717) is 16.9 Å². The van der Waals surface area contributed by atoms with Gasteiger partial charge < -0.3 is 14.0 Å². The van der Waals surface area contributed by atoms with E-state index in [-0.39, 0.29) is 17.2 Å². The zero-order valence-corrected chi connectivity index (χ0v) is 16.5. The lowest BCUT2D eigenvalue weighted by Gasteiger charge is -2.13. The molecule has 1 aromatic carbocycles. The topological polar surface area (TPSA) is 83.3 Å². The zero-order chi connectivity index (χ0) is 21.8. The Balaban J connectivity index is 1.80. The van der Waals surface area contributed by atoms with Crippen molar-refractivity contribution in [3.8, 4) is 11.4 Å². The molecule has 3 rings (SSSR count). The van der Waals surface area contributed by atoms with Crippen LogP contribution in [0.5, 0.6) is 5.75 Å². The smallest absolute Gasteiger partial charge is 0.387 e. The summed E-state index contributed by atoms with van der Waals surface area (Å²) in [4.78, 5) is 32.7. The van der Waals surface area contributed by atoms with Gasteiger partial charge in [0.1, 0.15) is 5.75 Å². The average Bonchev–Trinajstić information content (AvgIpc) is 3.02. The van der Waals surface area contributed by atoms with Crippen LogP contribution in [0.25, 0.3) is 5.69 Å². The van der Waals surface area contributed by atoms with Crippen LogP contribution in [0.3, 0.4) is 0 Å². The Morgan fingerprint density at radius 3 is 2.40 bits per heavy atom. The summed E-state index contributed by atoms with van der Waals surface area (Å²) in [6.07, 6.45) is 3.00.